The number of hydrogen-bond donors (Lipinski definition) is 2. The number of carboxylic acids is 1. The third-order valence-corrected chi connectivity index (χ3v) is 6.15. The molecule has 6 heteroatoms. The zero-order valence-corrected chi connectivity index (χ0v) is 17.1. The van der Waals surface area contributed by atoms with Crippen molar-refractivity contribution in [2.75, 3.05) is 11.9 Å². The summed E-state index contributed by atoms with van der Waals surface area (Å²) in [5.41, 5.74) is 4.12. The number of hydrogen-bond acceptors (Lipinski definition) is 4. The highest BCUT2D eigenvalue weighted by Crippen LogP contribution is 2.50. The summed E-state index contributed by atoms with van der Waals surface area (Å²) in [6.07, 6.45) is 2.48. The monoisotopic (exact) mass is 414 g/mol. The lowest BCUT2D eigenvalue weighted by Gasteiger charge is -2.17. The van der Waals surface area contributed by atoms with E-state index in [-0.39, 0.29) is 11.5 Å². The van der Waals surface area contributed by atoms with Gasteiger partial charge in [0, 0.05) is 12.0 Å². The average molecular weight is 414 g/mol. The lowest BCUT2D eigenvalue weighted by Crippen LogP contribution is -2.28. The van der Waals surface area contributed by atoms with Crippen LogP contribution in [0, 0.1) is 6.92 Å². The van der Waals surface area contributed by atoms with Crippen molar-refractivity contribution in [1.82, 2.24) is 4.98 Å². The molecular formula is C25H22N2O4. The van der Waals surface area contributed by atoms with Crippen molar-refractivity contribution < 1.29 is 19.4 Å². The molecule has 2 aliphatic rings. The Morgan fingerprint density at radius 1 is 1.10 bits per heavy atom. The van der Waals surface area contributed by atoms with Gasteiger partial charge in [-0.25, -0.2) is 9.78 Å². The van der Waals surface area contributed by atoms with E-state index in [4.69, 9.17) is 4.74 Å². The molecule has 0 spiro atoms. The van der Waals surface area contributed by atoms with Crippen LogP contribution in [0.2, 0.25) is 0 Å². The van der Waals surface area contributed by atoms with E-state index in [0.717, 1.165) is 41.7 Å². The topological polar surface area (TPSA) is 88.5 Å². The van der Waals surface area contributed by atoms with Crippen molar-refractivity contribution in [2.24, 2.45) is 0 Å². The Labute approximate surface area is 179 Å². The summed E-state index contributed by atoms with van der Waals surface area (Å²) in [7, 11) is 0. The zero-order valence-electron chi connectivity index (χ0n) is 17.1. The van der Waals surface area contributed by atoms with Gasteiger partial charge in [0.1, 0.15) is 11.6 Å². The Morgan fingerprint density at radius 2 is 1.94 bits per heavy atom. The third-order valence-electron chi connectivity index (χ3n) is 6.15. The molecule has 2 heterocycles. The lowest BCUT2D eigenvalue weighted by molar-refractivity contribution is -0.118. The van der Waals surface area contributed by atoms with Gasteiger partial charge in [0.25, 0.3) is 0 Å². The van der Waals surface area contributed by atoms with Crippen LogP contribution in [0.25, 0.3) is 11.3 Å². The number of aryl methyl sites for hydroxylation is 1. The van der Waals surface area contributed by atoms with Crippen molar-refractivity contribution >= 4 is 17.7 Å². The van der Waals surface area contributed by atoms with Gasteiger partial charge < -0.3 is 15.2 Å². The van der Waals surface area contributed by atoms with Gasteiger partial charge in [0.15, 0.2) is 0 Å². The summed E-state index contributed by atoms with van der Waals surface area (Å²) in [5.74, 6) is 0.322. The molecule has 1 amide bonds. The first-order valence-corrected chi connectivity index (χ1v) is 10.4. The van der Waals surface area contributed by atoms with Crippen LogP contribution < -0.4 is 10.1 Å². The third kappa shape index (κ3) is 3.44. The second-order valence-electron chi connectivity index (χ2n) is 8.21. The van der Waals surface area contributed by atoms with Crippen LogP contribution in [0.4, 0.5) is 5.82 Å². The second-order valence-corrected chi connectivity index (χ2v) is 8.21. The number of nitrogens with one attached hydrogen (secondary N) is 1. The maximum Gasteiger partial charge on any atom is 0.335 e. The van der Waals surface area contributed by atoms with E-state index in [1.54, 1.807) is 24.3 Å². The molecule has 1 fully saturated rings. The zero-order chi connectivity index (χ0) is 21.6. The van der Waals surface area contributed by atoms with Gasteiger partial charge in [-0.1, -0.05) is 30.3 Å². The quantitative estimate of drug-likeness (QED) is 0.648. The van der Waals surface area contributed by atoms with Gasteiger partial charge in [-0.05, 0) is 60.7 Å². The molecule has 0 atom stereocenters. The summed E-state index contributed by atoms with van der Waals surface area (Å²) in [5, 5.41) is 12.3. The Hall–Kier alpha value is -3.67. The Kier molecular flexibility index (Phi) is 4.50. The lowest BCUT2D eigenvalue weighted by atomic mass is 9.92. The first-order valence-electron chi connectivity index (χ1n) is 10.4. The highest BCUT2D eigenvalue weighted by Gasteiger charge is 2.51. The van der Waals surface area contributed by atoms with E-state index >= 15 is 0 Å². The molecule has 1 saturated carbocycles. The van der Waals surface area contributed by atoms with Crippen molar-refractivity contribution in [3.05, 3.63) is 76.9 Å². The molecule has 3 aromatic rings. The van der Waals surface area contributed by atoms with Crippen LogP contribution >= 0.6 is 0 Å². The minimum Gasteiger partial charge on any atom is -0.493 e. The van der Waals surface area contributed by atoms with E-state index in [1.807, 2.05) is 31.2 Å². The fraction of sp³-hybridized carbons (Fsp3) is 0.240. The van der Waals surface area contributed by atoms with Crippen LogP contribution in [0.3, 0.4) is 0 Å². The smallest absolute Gasteiger partial charge is 0.335 e. The predicted molar refractivity (Wildman–Crippen MR) is 117 cm³/mol. The van der Waals surface area contributed by atoms with E-state index in [0.29, 0.717) is 23.7 Å². The van der Waals surface area contributed by atoms with Gasteiger partial charge in [0.05, 0.1) is 23.3 Å². The number of nitrogens with zero attached hydrogens (tertiary/aromatic N) is 1. The fourth-order valence-electron chi connectivity index (χ4n) is 4.18. The molecule has 2 N–H and O–H groups in total. The standard InChI is InChI=1S/C25H22N2O4/c1-15-5-8-21(26-22(15)17-3-2-4-18(13-17)23(28)29)27-24(30)25(10-11-25)19-6-7-20-16(14-19)9-12-31-20/h2-8,13-14H,9-12H2,1H3,(H,28,29)(H,26,27,30). The van der Waals surface area contributed by atoms with Crippen molar-refractivity contribution in [3.8, 4) is 17.0 Å². The highest BCUT2D eigenvalue weighted by atomic mass is 16.5. The van der Waals surface area contributed by atoms with Gasteiger partial charge >= 0.3 is 5.97 Å². The molecule has 1 aliphatic heterocycles. The van der Waals surface area contributed by atoms with Crippen molar-refractivity contribution in [3.63, 3.8) is 0 Å². The summed E-state index contributed by atoms with van der Waals surface area (Å²) in [4.78, 5) is 29.2. The maximum atomic E-state index is 13.2. The molecule has 6 nitrogen and oxygen atoms in total. The molecule has 31 heavy (non-hydrogen) atoms. The predicted octanol–water partition coefficient (Wildman–Crippen LogP) is 4.36. The van der Waals surface area contributed by atoms with Crippen LogP contribution in [0.15, 0.2) is 54.6 Å². The number of carbonyl (C=O) groups is 2. The normalized spacial score (nSPS) is 15.6. The fourth-order valence-corrected chi connectivity index (χ4v) is 4.18. The first kappa shape index (κ1) is 19.3. The van der Waals surface area contributed by atoms with Gasteiger partial charge in [-0.3, -0.25) is 4.79 Å². The van der Waals surface area contributed by atoms with Crippen LogP contribution in [0.5, 0.6) is 5.75 Å². The van der Waals surface area contributed by atoms with Gasteiger partial charge in [-0.15, -0.1) is 0 Å². The molecule has 1 aromatic heterocycles. The number of fused-ring (bicyclic) bond motifs is 1. The van der Waals surface area contributed by atoms with Gasteiger partial charge in [-0.2, -0.15) is 0 Å². The second kappa shape index (κ2) is 7.23. The number of ether oxygens (including phenoxy) is 1. The van der Waals surface area contributed by atoms with Crippen LogP contribution in [-0.4, -0.2) is 28.6 Å². The number of anilines is 1. The number of carbonyl (C=O) groups excluding carboxylic acids is 1. The largest absolute Gasteiger partial charge is 0.493 e. The van der Waals surface area contributed by atoms with Crippen molar-refractivity contribution in [2.45, 2.75) is 31.6 Å². The summed E-state index contributed by atoms with van der Waals surface area (Å²) in [6.45, 7) is 2.60. The first-order chi connectivity index (χ1) is 15.0. The van der Waals surface area contributed by atoms with Gasteiger partial charge in [0.2, 0.25) is 5.91 Å². The molecule has 156 valence electrons. The molecule has 0 bridgehead atoms. The number of pyridine rings is 1. The number of rotatable bonds is 5. The van der Waals surface area contributed by atoms with E-state index in [1.165, 1.54) is 0 Å². The number of benzene rings is 2. The molecule has 2 aromatic carbocycles. The number of amides is 1. The SMILES string of the molecule is Cc1ccc(NC(=O)C2(c3ccc4c(c3)CCO4)CC2)nc1-c1cccc(C(=O)O)c1. The Balaban J connectivity index is 1.42. The molecule has 0 radical (unpaired) electrons. The average Bonchev–Trinajstić information content (AvgIpc) is 3.46. The summed E-state index contributed by atoms with van der Waals surface area (Å²) < 4.78 is 5.58. The molecular weight excluding hydrogens is 392 g/mol. The van der Waals surface area contributed by atoms with E-state index in [2.05, 4.69) is 16.4 Å². The summed E-state index contributed by atoms with van der Waals surface area (Å²) in [6, 6.07) is 16.4. The Morgan fingerprint density at radius 3 is 2.71 bits per heavy atom. The Bertz CT molecular complexity index is 1210. The van der Waals surface area contributed by atoms with E-state index in [9.17, 15) is 14.7 Å². The number of carboxylic acid groups (broad SMARTS) is 1. The van der Waals surface area contributed by atoms with E-state index < -0.39 is 11.4 Å². The highest BCUT2D eigenvalue weighted by molar-refractivity contribution is 6.01. The molecule has 1 aliphatic carbocycles. The minimum atomic E-state index is -0.987. The molecule has 0 saturated heterocycles. The number of aromatic nitrogens is 1. The molecule has 0 unspecified atom stereocenters. The molecule has 5 rings (SSSR count). The maximum absolute atomic E-state index is 13.2. The van der Waals surface area contributed by atoms with Crippen molar-refractivity contribution in [1.29, 1.82) is 0 Å². The number of aromatic carboxylic acids is 1. The van der Waals surface area contributed by atoms with Crippen LogP contribution in [-0.2, 0) is 16.6 Å². The minimum absolute atomic E-state index is 0.0621. The van der Waals surface area contributed by atoms with Crippen LogP contribution in [0.1, 0.15) is 39.9 Å². The summed E-state index contributed by atoms with van der Waals surface area (Å²) >= 11 is 0.